The molecule has 3 aromatic carbocycles. The van der Waals surface area contributed by atoms with Gasteiger partial charge in [-0.3, -0.25) is 9.89 Å². The Bertz CT molecular complexity index is 972. The number of amides is 1. The van der Waals surface area contributed by atoms with E-state index in [0.29, 0.717) is 5.69 Å². The fourth-order valence-corrected chi connectivity index (χ4v) is 3.05. The van der Waals surface area contributed by atoms with Gasteiger partial charge in [-0.05, 0) is 17.2 Å². The van der Waals surface area contributed by atoms with Gasteiger partial charge in [-0.1, -0.05) is 91.0 Å². The van der Waals surface area contributed by atoms with Gasteiger partial charge >= 0.3 is 0 Å². The average Bonchev–Trinajstić information content (AvgIpc) is 3.24. The number of nitrogens with one attached hydrogen (secondary N) is 2. The molecule has 1 aromatic heterocycles. The standard InChI is InChI=1S/C23H19N3O/c27-23(21-16-20(25-26-21)17-10-4-1-5-11-17)24-22(18-12-6-2-7-13-18)19-14-8-3-9-15-19/h1-16,22H,(H,24,27)(H,25,26). The zero-order valence-electron chi connectivity index (χ0n) is 14.7. The monoisotopic (exact) mass is 353 g/mol. The van der Waals surface area contributed by atoms with Crippen LogP contribution in [0.4, 0.5) is 0 Å². The summed E-state index contributed by atoms with van der Waals surface area (Å²) in [6, 6.07) is 31.2. The Balaban J connectivity index is 1.60. The highest BCUT2D eigenvalue weighted by Crippen LogP contribution is 2.23. The minimum absolute atomic E-state index is 0.192. The molecule has 4 heteroatoms. The number of carbonyl (C=O) groups is 1. The summed E-state index contributed by atoms with van der Waals surface area (Å²) < 4.78 is 0. The van der Waals surface area contributed by atoms with Crippen molar-refractivity contribution in [3.05, 3.63) is 114 Å². The van der Waals surface area contributed by atoms with Gasteiger partial charge in [-0.15, -0.1) is 0 Å². The largest absolute Gasteiger partial charge is 0.340 e. The van der Waals surface area contributed by atoms with Crippen molar-refractivity contribution in [3.8, 4) is 11.3 Å². The highest BCUT2D eigenvalue weighted by molar-refractivity contribution is 5.93. The summed E-state index contributed by atoms with van der Waals surface area (Å²) in [5.74, 6) is -0.192. The molecule has 0 saturated carbocycles. The molecule has 0 radical (unpaired) electrons. The highest BCUT2D eigenvalue weighted by Gasteiger charge is 2.19. The van der Waals surface area contributed by atoms with Crippen LogP contribution in [0.5, 0.6) is 0 Å². The van der Waals surface area contributed by atoms with Crippen LogP contribution in [-0.4, -0.2) is 16.1 Å². The Hall–Kier alpha value is -3.66. The number of nitrogens with zero attached hydrogens (tertiary/aromatic N) is 1. The van der Waals surface area contributed by atoms with E-state index in [1.165, 1.54) is 0 Å². The first-order valence-electron chi connectivity index (χ1n) is 8.83. The zero-order chi connectivity index (χ0) is 18.5. The molecule has 132 valence electrons. The average molecular weight is 353 g/mol. The third kappa shape index (κ3) is 3.80. The number of H-pyrrole nitrogens is 1. The van der Waals surface area contributed by atoms with Crippen LogP contribution in [0.15, 0.2) is 97.1 Å². The molecule has 0 fully saturated rings. The second-order valence-corrected chi connectivity index (χ2v) is 6.26. The van der Waals surface area contributed by atoms with Crippen LogP contribution >= 0.6 is 0 Å². The molecule has 0 atom stereocenters. The van der Waals surface area contributed by atoms with Crippen molar-refractivity contribution in [2.75, 3.05) is 0 Å². The second kappa shape index (κ2) is 7.70. The zero-order valence-corrected chi connectivity index (χ0v) is 14.7. The summed E-state index contributed by atoms with van der Waals surface area (Å²) in [6.45, 7) is 0. The van der Waals surface area contributed by atoms with Crippen LogP contribution in [0.25, 0.3) is 11.3 Å². The van der Waals surface area contributed by atoms with Crippen LogP contribution in [0.3, 0.4) is 0 Å². The first-order chi connectivity index (χ1) is 13.3. The predicted octanol–water partition coefficient (Wildman–Crippen LogP) is 4.60. The van der Waals surface area contributed by atoms with Crippen molar-refractivity contribution >= 4 is 5.91 Å². The van der Waals surface area contributed by atoms with Crippen LogP contribution < -0.4 is 5.32 Å². The van der Waals surface area contributed by atoms with Gasteiger partial charge in [0.1, 0.15) is 5.69 Å². The van der Waals surface area contributed by atoms with Crippen LogP contribution in [0.1, 0.15) is 27.7 Å². The SMILES string of the molecule is O=C(NC(c1ccccc1)c1ccccc1)c1cc(-c2ccccc2)n[nH]1. The lowest BCUT2D eigenvalue weighted by Gasteiger charge is -2.19. The fraction of sp³-hybridized carbons (Fsp3) is 0.0435. The van der Waals surface area contributed by atoms with Crippen LogP contribution in [0, 0.1) is 0 Å². The topological polar surface area (TPSA) is 57.8 Å². The smallest absolute Gasteiger partial charge is 0.270 e. The van der Waals surface area contributed by atoms with E-state index in [2.05, 4.69) is 15.5 Å². The maximum Gasteiger partial charge on any atom is 0.270 e. The van der Waals surface area contributed by atoms with E-state index in [9.17, 15) is 4.79 Å². The number of carbonyl (C=O) groups excluding carboxylic acids is 1. The van der Waals surface area contributed by atoms with Crippen molar-refractivity contribution < 1.29 is 4.79 Å². The lowest BCUT2D eigenvalue weighted by molar-refractivity contribution is 0.0938. The highest BCUT2D eigenvalue weighted by atomic mass is 16.2. The maximum atomic E-state index is 12.9. The molecule has 4 nitrogen and oxygen atoms in total. The van der Waals surface area contributed by atoms with E-state index in [1.54, 1.807) is 6.07 Å². The lowest BCUT2D eigenvalue weighted by atomic mass is 9.98. The second-order valence-electron chi connectivity index (χ2n) is 6.26. The third-order valence-corrected chi connectivity index (χ3v) is 4.43. The summed E-state index contributed by atoms with van der Waals surface area (Å²) in [5.41, 5.74) is 4.21. The molecule has 0 aliphatic carbocycles. The molecule has 0 aliphatic rings. The van der Waals surface area contributed by atoms with Gasteiger partial charge in [-0.2, -0.15) is 5.10 Å². The lowest BCUT2D eigenvalue weighted by Crippen LogP contribution is -2.29. The third-order valence-electron chi connectivity index (χ3n) is 4.43. The maximum absolute atomic E-state index is 12.9. The quantitative estimate of drug-likeness (QED) is 0.551. The summed E-state index contributed by atoms with van der Waals surface area (Å²) in [5, 5.41) is 10.2. The predicted molar refractivity (Wildman–Crippen MR) is 106 cm³/mol. The number of hydrogen-bond acceptors (Lipinski definition) is 2. The van der Waals surface area contributed by atoms with Gasteiger partial charge in [0.15, 0.2) is 0 Å². The summed E-state index contributed by atoms with van der Waals surface area (Å²) in [4.78, 5) is 12.9. The number of rotatable bonds is 5. The van der Waals surface area contributed by atoms with Crippen molar-refractivity contribution in [2.45, 2.75) is 6.04 Å². The fourth-order valence-electron chi connectivity index (χ4n) is 3.05. The molecule has 1 heterocycles. The number of aromatic nitrogens is 2. The van der Waals surface area contributed by atoms with Crippen LogP contribution in [-0.2, 0) is 0 Å². The number of benzene rings is 3. The van der Waals surface area contributed by atoms with Crippen molar-refractivity contribution in [1.82, 2.24) is 15.5 Å². The Labute approximate surface area is 157 Å². The van der Waals surface area contributed by atoms with E-state index in [-0.39, 0.29) is 11.9 Å². The molecule has 4 aromatic rings. The normalized spacial score (nSPS) is 10.7. The van der Waals surface area contributed by atoms with Crippen molar-refractivity contribution in [2.24, 2.45) is 0 Å². The van der Waals surface area contributed by atoms with Gasteiger partial charge < -0.3 is 5.32 Å². The molecule has 4 rings (SSSR count). The van der Waals surface area contributed by atoms with E-state index < -0.39 is 0 Å². The summed E-state index contributed by atoms with van der Waals surface area (Å²) in [7, 11) is 0. The Morgan fingerprint density at radius 1 is 0.778 bits per heavy atom. The first-order valence-corrected chi connectivity index (χ1v) is 8.83. The molecule has 2 N–H and O–H groups in total. The molecule has 0 unspecified atom stereocenters. The summed E-state index contributed by atoms with van der Waals surface area (Å²) >= 11 is 0. The van der Waals surface area contributed by atoms with Crippen molar-refractivity contribution in [1.29, 1.82) is 0 Å². The molecule has 0 bridgehead atoms. The molecular formula is C23H19N3O. The molecule has 0 aliphatic heterocycles. The molecular weight excluding hydrogens is 334 g/mol. The number of hydrogen-bond donors (Lipinski definition) is 2. The van der Waals surface area contributed by atoms with Gasteiger partial charge in [0.2, 0.25) is 0 Å². The van der Waals surface area contributed by atoms with Gasteiger partial charge in [0, 0.05) is 5.56 Å². The molecule has 27 heavy (non-hydrogen) atoms. The molecule has 0 saturated heterocycles. The minimum atomic E-state index is -0.233. The van der Waals surface area contributed by atoms with Gasteiger partial charge in [-0.25, -0.2) is 0 Å². The molecule has 0 spiro atoms. The van der Waals surface area contributed by atoms with Crippen molar-refractivity contribution in [3.63, 3.8) is 0 Å². The number of aromatic amines is 1. The summed E-state index contributed by atoms with van der Waals surface area (Å²) in [6.07, 6.45) is 0. The van der Waals surface area contributed by atoms with E-state index in [0.717, 1.165) is 22.4 Å². The van der Waals surface area contributed by atoms with E-state index >= 15 is 0 Å². The van der Waals surface area contributed by atoms with E-state index in [1.807, 2.05) is 91.0 Å². The Morgan fingerprint density at radius 2 is 1.30 bits per heavy atom. The first kappa shape index (κ1) is 16.8. The van der Waals surface area contributed by atoms with Gasteiger partial charge in [0.25, 0.3) is 5.91 Å². The van der Waals surface area contributed by atoms with E-state index in [4.69, 9.17) is 0 Å². The Kier molecular flexibility index (Phi) is 4.79. The minimum Gasteiger partial charge on any atom is -0.340 e. The van der Waals surface area contributed by atoms with Gasteiger partial charge in [0.05, 0.1) is 11.7 Å². The van der Waals surface area contributed by atoms with Crippen LogP contribution in [0.2, 0.25) is 0 Å². The molecule has 1 amide bonds. The Morgan fingerprint density at radius 3 is 1.85 bits per heavy atom.